The predicted molar refractivity (Wildman–Crippen MR) is 82.0 cm³/mol. The number of nitrogens with one attached hydrogen (secondary N) is 1. The third-order valence-corrected chi connectivity index (χ3v) is 3.33. The summed E-state index contributed by atoms with van der Waals surface area (Å²) in [6.07, 6.45) is 3.84. The molecule has 0 spiro atoms. The van der Waals surface area contributed by atoms with Crippen LogP contribution < -0.4 is 10.5 Å². The average Bonchev–Trinajstić information content (AvgIpc) is 2.88. The highest BCUT2D eigenvalue weighted by molar-refractivity contribution is 6.32. The van der Waals surface area contributed by atoms with Crippen LogP contribution in [0.1, 0.15) is 11.3 Å². The van der Waals surface area contributed by atoms with Crippen LogP contribution in [-0.4, -0.2) is 15.2 Å². The van der Waals surface area contributed by atoms with Gasteiger partial charge in [0.1, 0.15) is 23.8 Å². The molecule has 0 radical (unpaired) electrons. The summed E-state index contributed by atoms with van der Waals surface area (Å²) in [6.45, 7) is 0.320. The van der Waals surface area contributed by atoms with Crippen LogP contribution in [0, 0.1) is 5.41 Å². The van der Waals surface area contributed by atoms with Gasteiger partial charge in [-0.1, -0.05) is 17.7 Å². The molecule has 0 unspecified atom stereocenters. The molecule has 0 aliphatic rings. The number of amidine groups is 1. The minimum absolute atomic E-state index is 0.0243. The summed E-state index contributed by atoms with van der Waals surface area (Å²) >= 11 is 6.12. The first-order valence-corrected chi connectivity index (χ1v) is 6.70. The van der Waals surface area contributed by atoms with E-state index in [0.717, 1.165) is 11.3 Å². The van der Waals surface area contributed by atoms with Crippen molar-refractivity contribution in [1.82, 2.24) is 9.38 Å². The zero-order valence-electron chi connectivity index (χ0n) is 11.1. The number of rotatable bonds is 4. The highest BCUT2D eigenvalue weighted by Gasteiger charge is 2.07. The Morgan fingerprint density at radius 1 is 1.33 bits per heavy atom. The monoisotopic (exact) mass is 300 g/mol. The van der Waals surface area contributed by atoms with Gasteiger partial charge in [0.15, 0.2) is 0 Å². The Kier molecular flexibility index (Phi) is 3.50. The molecule has 0 aliphatic carbocycles. The van der Waals surface area contributed by atoms with Crippen molar-refractivity contribution in [2.45, 2.75) is 6.61 Å². The lowest BCUT2D eigenvalue weighted by molar-refractivity contribution is 0.302. The SMILES string of the molecule is N=C(N)c1ccc(OCc2cn3ccccc3n2)c(Cl)c1. The fraction of sp³-hybridized carbons (Fsp3) is 0.0667. The van der Waals surface area contributed by atoms with Gasteiger partial charge in [-0.2, -0.15) is 0 Å². The fourth-order valence-electron chi connectivity index (χ4n) is 1.99. The molecule has 3 rings (SSSR count). The number of benzene rings is 1. The number of ether oxygens (including phenoxy) is 1. The number of nitrogens with two attached hydrogens (primary N) is 1. The molecule has 2 aromatic heterocycles. The number of imidazole rings is 1. The van der Waals surface area contributed by atoms with E-state index in [9.17, 15) is 0 Å². The Labute approximate surface area is 126 Å². The van der Waals surface area contributed by atoms with Crippen molar-refractivity contribution in [2.75, 3.05) is 0 Å². The summed E-state index contributed by atoms with van der Waals surface area (Å²) in [5.74, 6) is 0.516. The second-order valence-corrected chi connectivity index (χ2v) is 4.95. The van der Waals surface area contributed by atoms with Crippen LogP contribution in [0.3, 0.4) is 0 Å². The summed E-state index contributed by atoms with van der Waals surface area (Å²) in [5.41, 5.74) is 7.66. The number of nitrogens with zero attached hydrogens (tertiary/aromatic N) is 2. The molecule has 0 atom stereocenters. The van der Waals surface area contributed by atoms with Crippen molar-refractivity contribution < 1.29 is 4.74 Å². The topological polar surface area (TPSA) is 76.4 Å². The number of fused-ring (bicyclic) bond motifs is 1. The molecule has 0 saturated carbocycles. The van der Waals surface area contributed by atoms with Gasteiger partial charge in [-0.15, -0.1) is 0 Å². The van der Waals surface area contributed by atoms with Gasteiger partial charge in [0.05, 0.1) is 10.7 Å². The Hall–Kier alpha value is -2.53. The van der Waals surface area contributed by atoms with Crippen LogP contribution in [0.25, 0.3) is 5.65 Å². The zero-order chi connectivity index (χ0) is 14.8. The molecule has 6 heteroatoms. The molecule has 106 valence electrons. The van der Waals surface area contributed by atoms with E-state index in [1.54, 1.807) is 18.2 Å². The largest absolute Gasteiger partial charge is 0.486 e. The van der Waals surface area contributed by atoms with Gasteiger partial charge in [-0.25, -0.2) is 4.98 Å². The maximum absolute atomic E-state index is 7.37. The van der Waals surface area contributed by atoms with E-state index >= 15 is 0 Å². The summed E-state index contributed by atoms with van der Waals surface area (Å²) in [4.78, 5) is 4.44. The molecule has 2 heterocycles. The summed E-state index contributed by atoms with van der Waals surface area (Å²) in [5, 5.41) is 7.79. The highest BCUT2D eigenvalue weighted by atomic mass is 35.5. The number of hydrogen-bond acceptors (Lipinski definition) is 3. The van der Waals surface area contributed by atoms with Crippen molar-refractivity contribution in [3.63, 3.8) is 0 Å². The first-order valence-electron chi connectivity index (χ1n) is 6.33. The van der Waals surface area contributed by atoms with Crippen LogP contribution in [0.15, 0.2) is 48.8 Å². The highest BCUT2D eigenvalue weighted by Crippen LogP contribution is 2.26. The Morgan fingerprint density at radius 2 is 2.19 bits per heavy atom. The third kappa shape index (κ3) is 2.83. The van der Waals surface area contributed by atoms with Gasteiger partial charge < -0.3 is 14.9 Å². The van der Waals surface area contributed by atoms with Crippen molar-refractivity contribution in [3.05, 3.63) is 65.1 Å². The second-order valence-electron chi connectivity index (χ2n) is 4.55. The van der Waals surface area contributed by atoms with Gasteiger partial charge in [0, 0.05) is 18.0 Å². The van der Waals surface area contributed by atoms with E-state index in [-0.39, 0.29) is 5.84 Å². The smallest absolute Gasteiger partial charge is 0.138 e. The van der Waals surface area contributed by atoms with Crippen molar-refractivity contribution in [2.24, 2.45) is 5.73 Å². The van der Waals surface area contributed by atoms with Crippen molar-refractivity contribution >= 4 is 23.1 Å². The maximum Gasteiger partial charge on any atom is 0.138 e. The molecule has 0 aliphatic heterocycles. The molecule has 0 saturated heterocycles. The number of halogens is 1. The summed E-state index contributed by atoms with van der Waals surface area (Å²) in [6, 6.07) is 10.8. The number of hydrogen-bond donors (Lipinski definition) is 2. The molecule has 0 bridgehead atoms. The van der Waals surface area contributed by atoms with E-state index < -0.39 is 0 Å². The van der Waals surface area contributed by atoms with Crippen LogP contribution in [0.2, 0.25) is 5.02 Å². The van der Waals surface area contributed by atoms with Crippen LogP contribution in [0.4, 0.5) is 0 Å². The number of aromatic nitrogens is 2. The molecule has 3 N–H and O–H groups in total. The van der Waals surface area contributed by atoms with Crippen LogP contribution >= 0.6 is 11.6 Å². The first kappa shape index (κ1) is 13.5. The quantitative estimate of drug-likeness (QED) is 0.574. The minimum Gasteiger partial charge on any atom is -0.486 e. The van der Waals surface area contributed by atoms with Gasteiger partial charge in [-0.05, 0) is 30.3 Å². The van der Waals surface area contributed by atoms with Crippen molar-refractivity contribution in [3.8, 4) is 5.75 Å². The Balaban J connectivity index is 1.76. The standard InChI is InChI=1S/C15H13ClN4O/c16-12-7-10(15(17)18)4-5-13(12)21-9-11-8-20-6-2-1-3-14(20)19-11/h1-8H,9H2,(H3,17,18). The molecule has 0 fully saturated rings. The lowest BCUT2D eigenvalue weighted by Crippen LogP contribution is -2.10. The van der Waals surface area contributed by atoms with Gasteiger partial charge >= 0.3 is 0 Å². The first-order chi connectivity index (χ1) is 10.1. The maximum atomic E-state index is 7.37. The Morgan fingerprint density at radius 3 is 2.90 bits per heavy atom. The Bertz CT molecular complexity index is 779. The lowest BCUT2D eigenvalue weighted by Gasteiger charge is -2.07. The van der Waals surface area contributed by atoms with E-state index in [4.69, 9.17) is 27.5 Å². The molecule has 0 amide bonds. The fourth-order valence-corrected chi connectivity index (χ4v) is 2.23. The van der Waals surface area contributed by atoms with Gasteiger partial charge in [0.25, 0.3) is 0 Å². The van der Waals surface area contributed by atoms with E-state index in [1.165, 1.54) is 0 Å². The van der Waals surface area contributed by atoms with E-state index in [0.29, 0.717) is 22.9 Å². The minimum atomic E-state index is -0.0243. The average molecular weight is 301 g/mol. The molecule has 21 heavy (non-hydrogen) atoms. The number of pyridine rings is 1. The van der Waals surface area contributed by atoms with Crippen LogP contribution in [0.5, 0.6) is 5.75 Å². The predicted octanol–water partition coefficient (Wildman–Crippen LogP) is 2.85. The van der Waals surface area contributed by atoms with Gasteiger partial charge in [0.2, 0.25) is 0 Å². The molecule has 3 aromatic rings. The van der Waals surface area contributed by atoms with Crippen molar-refractivity contribution in [1.29, 1.82) is 5.41 Å². The third-order valence-electron chi connectivity index (χ3n) is 3.03. The molecular formula is C15H13ClN4O. The molecular weight excluding hydrogens is 288 g/mol. The zero-order valence-corrected chi connectivity index (χ0v) is 11.8. The molecule has 1 aromatic carbocycles. The van der Waals surface area contributed by atoms with E-state index in [1.807, 2.05) is 35.0 Å². The summed E-state index contributed by atoms with van der Waals surface area (Å²) in [7, 11) is 0. The lowest BCUT2D eigenvalue weighted by atomic mass is 10.2. The van der Waals surface area contributed by atoms with E-state index in [2.05, 4.69) is 4.98 Å². The summed E-state index contributed by atoms with van der Waals surface area (Å²) < 4.78 is 7.60. The number of nitrogen functional groups attached to an aromatic ring is 1. The van der Waals surface area contributed by atoms with Crippen LogP contribution in [-0.2, 0) is 6.61 Å². The van der Waals surface area contributed by atoms with Gasteiger partial charge in [-0.3, -0.25) is 5.41 Å². The normalized spacial score (nSPS) is 10.7. The second kappa shape index (κ2) is 5.46. The molecule has 5 nitrogen and oxygen atoms in total.